The molecule has 3 nitrogen and oxygen atoms in total. The third kappa shape index (κ3) is 1.85. The van der Waals surface area contributed by atoms with Gasteiger partial charge in [-0.05, 0) is 13.8 Å². The smallest absolute Gasteiger partial charge is 0.300 e. The summed E-state index contributed by atoms with van der Waals surface area (Å²) in [5.74, 6) is -0.697. The molecule has 0 aliphatic carbocycles. The zero-order valence-electron chi connectivity index (χ0n) is 5.55. The molecule has 0 aromatic rings. The van der Waals surface area contributed by atoms with Crippen molar-refractivity contribution in [2.45, 2.75) is 13.8 Å². The SMILES string of the molecule is C=CC(C)(C)C(=O)OO. The molecule has 0 bridgehead atoms. The largest absolute Gasteiger partial charge is 0.351 e. The maximum atomic E-state index is 10.5. The number of carbonyl (C=O) groups is 1. The van der Waals surface area contributed by atoms with Crippen molar-refractivity contribution in [3.8, 4) is 0 Å². The molecule has 0 unspecified atom stereocenters. The van der Waals surface area contributed by atoms with Crippen LogP contribution in [-0.4, -0.2) is 11.2 Å². The Kier molecular flexibility index (Phi) is 2.40. The molecule has 52 valence electrons. The quantitative estimate of drug-likeness (QED) is 0.347. The molecular formula is C6H10O3. The molecule has 3 heteroatoms. The van der Waals surface area contributed by atoms with Crippen LogP contribution in [0.5, 0.6) is 0 Å². The summed E-state index contributed by atoms with van der Waals surface area (Å²) in [6.45, 7) is 6.58. The Balaban J connectivity index is 4.14. The molecule has 9 heavy (non-hydrogen) atoms. The van der Waals surface area contributed by atoms with Crippen molar-refractivity contribution in [2.75, 3.05) is 0 Å². The van der Waals surface area contributed by atoms with Crippen LogP contribution < -0.4 is 0 Å². The summed E-state index contributed by atoms with van der Waals surface area (Å²) >= 11 is 0. The molecule has 0 aliphatic rings. The maximum Gasteiger partial charge on any atom is 0.351 e. The number of rotatable bonds is 2. The first-order chi connectivity index (χ1) is 4.04. The van der Waals surface area contributed by atoms with E-state index in [1.165, 1.54) is 6.08 Å². The summed E-state index contributed by atoms with van der Waals surface area (Å²) < 4.78 is 0. The van der Waals surface area contributed by atoms with E-state index in [4.69, 9.17) is 5.26 Å². The minimum absolute atomic E-state index is 0.697. The van der Waals surface area contributed by atoms with E-state index in [2.05, 4.69) is 11.5 Å². The molecule has 0 heterocycles. The van der Waals surface area contributed by atoms with Gasteiger partial charge in [0.15, 0.2) is 0 Å². The van der Waals surface area contributed by atoms with Crippen LogP contribution in [-0.2, 0) is 9.68 Å². The third-order valence-corrected chi connectivity index (χ3v) is 1.12. The van der Waals surface area contributed by atoms with Crippen LogP contribution >= 0.6 is 0 Å². The first kappa shape index (κ1) is 8.17. The number of hydrogen-bond donors (Lipinski definition) is 1. The molecule has 0 radical (unpaired) electrons. The van der Waals surface area contributed by atoms with Crippen molar-refractivity contribution in [1.29, 1.82) is 0 Å². The van der Waals surface area contributed by atoms with E-state index in [9.17, 15) is 4.79 Å². The van der Waals surface area contributed by atoms with Crippen LogP contribution in [0.15, 0.2) is 12.7 Å². The van der Waals surface area contributed by atoms with Gasteiger partial charge in [-0.25, -0.2) is 4.79 Å². The second-order valence-corrected chi connectivity index (χ2v) is 2.30. The molecule has 0 aliphatic heterocycles. The molecule has 0 rings (SSSR count). The van der Waals surface area contributed by atoms with Crippen molar-refractivity contribution in [3.05, 3.63) is 12.7 Å². The Morgan fingerprint density at radius 1 is 1.78 bits per heavy atom. The van der Waals surface area contributed by atoms with Crippen LogP contribution in [0.25, 0.3) is 0 Å². The fourth-order valence-electron chi connectivity index (χ4n) is 0.201. The number of carbonyl (C=O) groups excluding carboxylic acids is 1. The van der Waals surface area contributed by atoms with Gasteiger partial charge in [-0.2, -0.15) is 5.26 Å². The van der Waals surface area contributed by atoms with Crippen LogP contribution in [0.1, 0.15) is 13.8 Å². The summed E-state index contributed by atoms with van der Waals surface area (Å²) in [6.07, 6.45) is 1.41. The summed E-state index contributed by atoms with van der Waals surface area (Å²) in [4.78, 5) is 14.0. The summed E-state index contributed by atoms with van der Waals surface area (Å²) in [6, 6.07) is 0. The van der Waals surface area contributed by atoms with Gasteiger partial charge in [0, 0.05) is 0 Å². The van der Waals surface area contributed by atoms with Crippen LogP contribution in [0.3, 0.4) is 0 Å². The Morgan fingerprint density at radius 3 is 2.33 bits per heavy atom. The molecule has 0 atom stereocenters. The fourth-order valence-corrected chi connectivity index (χ4v) is 0.201. The van der Waals surface area contributed by atoms with Crippen molar-refractivity contribution < 1.29 is 14.9 Å². The monoisotopic (exact) mass is 130 g/mol. The fraction of sp³-hybridized carbons (Fsp3) is 0.500. The van der Waals surface area contributed by atoms with E-state index in [0.29, 0.717) is 0 Å². The standard InChI is InChI=1S/C6H10O3/c1-4-6(2,3)5(7)9-8/h4,8H,1H2,2-3H3. The van der Waals surface area contributed by atoms with E-state index < -0.39 is 11.4 Å². The van der Waals surface area contributed by atoms with Crippen molar-refractivity contribution >= 4 is 5.97 Å². The van der Waals surface area contributed by atoms with E-state index in [-0.39, 0.29) is 0 Å². The van der Waals surface area contributed by atoms with Gasteiger partial charge >= 0.3 is 5.97 Å². The van der Waals surface area contributed by atoms with Gasteiger partial charge in [0.05, 0.1) is 5.41 Å². The van der Waals surface area contributed by atoms with Gasteiger partial charge in [0.2, 0.25) is 0 Å². The molecule has 0 saturated carbocycles. The molecule has 0 fully saturated rings. The average molecular weight is 130 g/mol. The minimum atomic E-state index is -0.797. The van der Waals surface area contributed by atoms with E-state index in [1.54, 1.807) is 13.8 Å². The zero-order chi connectivity index (χ0) is 7.49. The van der Waals surface area contributed by atoms with Gasteiger partial charge in [-0.1, -0.05) is 6.08 Å². The Morgan fingerprint density at radius 2 is 2.22 bits per heavy atom. The summed E-state index contributed by atoms with van der Waals surface area (Å²) in [5, 5.41) is 7.90. The topological polar surface area (TPSA) is 46.5 Å². The van der Waals surface area contributed by atoms with E-state index >= 15 is 0 Å². The van der Waals surface area contributed by atoms with Gasteiger partial charge in [0.25, 0.3) is 0 Å². The molecular weight excluding hydrogens is 120 g/mol. The Bertz CT molecular complexity index is 126. The van der Waals surface area contributed by atoms with Crippen molar-refractivity contribution in [2.24, 2.45) is 5.41 Å². The lowest BCUT2D eigenvalue weighted by atomic mass is 9.95. The lowest BCUT2D eigenvalue weighted by Crippen LogP contribution is -2.22. The molecule has 1 N–H and O–H groups in total. The average Bonchev–Trinajstić information content (AvgIpc) is 1.86. The summed E-state index contributed by atoms with van der Waals surface area (Å²) in [5.41, 5.74) is -0.797. The highest BCUT2D eigenvalue weighted by Gasteiger charge is 2.25. The first-order valence-electron chi connectivity index (χ1n) is 2.54. The van der Waals surface area contributed by atoms with Gasteiger partial charge in [0.1, 0.15) is 0 Å². The van der Waals surface area contributed by atoms with E-state index in [0.717, 1.165) is 0 Å². The predicted molar refractivity (Wildman–Crippen MR) is 32.7 cm³/mol. The van der Waals surface area contributed by atoms with Crippen LogP contribution in [0.4, 0.5) is 0 Å². The highest BCUT2D eigenvalue weighted by Crippen LogP contribution is 2.16. The minimum Gasteiger partial charge on any atom is -0.300 e. The second kappa shape index (κ2) is 2.64. The van der Waals surface area contributed by atoms with Crippen molar-refractivity contribution in [3.63, 3.8) is 0 Å². The molecule has 0 spiro atoms. The number of hydrogen-bond acceptors (Lipinski definition) is 3. The second-order valence-electron chi connectivity index (χ2n) is 2.30. The van der Waals surface area contributed by atoms with Crippen LogP contribution in [0.2, 0.25) is 0 Å². The lowest BCUT2D eigenvalue weighted by Gasteiger charge is -2.12. The van der Waals surface area contributed by atoms with Crippen LogP contribution in [0, 0.1) is 5.41 Å². The molecule has 0 aromatic carbocycles. The Labute approximate surface area is 53.9 Å². The Hall–Kier alpha value is -0.830. The maximum absolute atomic E-state index is 10.5. The molecule has 0 amide bonds. The zero-order valence-corrected chi connectivity index (χ0v) is 5.55. The first-order valence-corrected chi connectivity index (χ1v) is 2.54. The molecule has 0 aromatic heterocycles. The van der Waals surface area contributed by atoms with Gasteiger partial charge in [-0.3, -0.25) is 0 Å². The predicted octanol–water partition coefficient (Wildman–Crippen LogP) is 1.21. The van der Waals surface area contributed by atoms with Gasteiger partial charge < -0.3 is 4.89 Å². The summed E-state index contributed by atoms with van der Waals surface area (Å²) in [7, 11) is 0. The molecule has 0 saturated heterocycles. The van der Waals surface area contributed by atoms with E-state index in [1.807, 2.05) is 0 Å². The highest BCUT2D eigenvalue weighted by molar-refractivity contribution is 5.77. The van der Waals surface area contributed by atoms with Gasteiger partial charge in [-0.15, -0.1) is 6.58 Å². The third-order valence-electron chi connectivity index (χ3n) is 1.12. The normalized spacial score (nSPS) is 10.6. The van der Waals surface area contributed by atoms with Crippen molar-refractivity contribution in [1.82, 2.24) is 0 Å². The lowest BCUT2D eigenvalue weighted by molar-refractivity contribution is -0.241. The highest BCUT2D eigenvalue weighted by atomic mass is 17.1.